The van der Waals surface area contributed by atoms with E-state index in [0.717, 1.165) is 16.0 Å². The topological polar surface area (TPSA) is 91.2 Å². The fourth-order valence-corrected chi connectivity index (χ4v) is 3.35. The molecule has 7 nitrogen and oxygen atoms in total. The molecule has 1 rings (SSSR count). The number of rotatable bonds is 5. The van der Waals surface area contributed by atoms with Crippen molar-refractivity contribution < 1.29 is 47.7 Å². The fourth-order valence-electron chi connectivity index (χ4n) is 1.10. The van der Waals surface area contributed by atoms with E-state index in [2.05, 4.69) is 49.0 Å². The Labute approximate surface area is 161 Å². The van der Waals surface area contributed by atoms with Crippen molar-refractivity contribution in [3.63, 3.8) is 0 Å². The van der Waals surface area contributed by atoms with Gasteiger partial charge in [0.2, 0.25) is 6.33 Å². The minimum Gasteiger partial charge on any atom is -0.421 e. The van der Waals surface area contributed by atoms with Gasteiger partial charge in [0.1, 0.15) is 18.9 Å². The van der Waals surface area contributed by atoms with Crippen LogP contribution in [0.2, 0.25) is 0 Å². The molecule has 0 saturated carbocycles. The third-order valence-corrected chi connectivity index (χ3v) is 7.19. The van der Waals surface area contributed by atoms with E-state index in [1.165, 1.54) is 0 Å². The molecule has 0 N–H and O–H groups in total. The van der Waals surface area contributed by atoms with Crippen molar-refractivity contribution >= 4 is 51.9 Å². The number of halogens is 8. The zero-order valence-corrected chi connectivity index (χ0v) is 17.3. The van der Waals surface area contributed by atoms with Crippen LogP contribution in [0.15, 0.2) is 18.7 Å². The van der Waals surface area contributed by atoms with Crippen LogP contribution in [-0.4, -0.2) is 42.6 Å². The molecule has 1 aromatic rings. The van der Waals surface area contributed by atoms with E-state index in [0.29, 0.717) is 4.83 Å². The van der Waals surface area contributed by atoms with E-state index >= 15 is 0 Å². The lowest BCUT2D eigenvalue weighted by atomic mass is 10.5. The zero-order valence-electron chi connectivity index (χ0n) is 12.5. The number of alkyl halides is 8. The first-order chi connectivity index (χ1) is 11.4. The summed E-state index contributed by atoms with van der Waals surface area (Å²) in [6, 6.07) is 0. The smallest absolute Gasteiger partial charge is 0.421 e. The Kier molecular flexibility index (Phi) is 9.06. The average Bonchev–Trinajstić information content (AvgIpc) is 2.81. The van der Waals surface area contributed by atoms with Crippen LogP contribution >= 0.6 is 31.9 Å². The molecule has 1 atom stereocenters. The molecule has 0 aliphatic carbocycles. The third kappa shape index (κ3) is 8.10. The Hall–Kier alpha value is -0.390. The van der Waals surface area contributed by atoms with E-state index in [9.17, 15) is 43.2 Å². The molecule has 0 saturated heterocycles. The molecule has 154 valence electrons. The van der Waals surface area contributed by atoms with Crippen molar-refractivity contribution in [1.29, 1.82) is 0 Å². The minimum atomic E-state index is -6.72. The van der Waals surface area contributed by atoms with Crippen LogP contribution < -0.4 is 4.57 Å². The van der Waals surface area contributed by atoms with Gasteiger partial charge in [-0.25, -0.2) is 26.0 Å². The summed E-state index contributed by atoms with van der Waals surface area (Å²) >= 11 is 6.96. The summed E-state index contributed by atoms with van der Waals surface area (Å²) in [6.45, 7) is 1.01. The molecule has 17 heteroatoms. The Bertz CT molecular complexity index is 749. The highest BCUT2D eigenvalue weighted by atomic mass is 79.9. The molecule has 1 heterocycles. The molecule has 0 radical (unpaired) electrons. The predicted octanol–water partition coefficient (Wildman–Crippen LogP) is 2.53. The number of sulfonamides is 2. The molecule has 0 aromatic carbocycles. The first kappa shape index (κ1) is 25.6. The van der Waals surface area contributed by atoms with Gasteiger partial charge >= 0.3 is 11.0 Å². The maximum atomic E-state index is 11.4. The summed E-state index contributed by atoms with van der Waals surface area (Å²) in [6.07, 6.45) is 6.17. The minimum absolute atomic E-state index is 0.509. The first-order valence-electron chi connectivity index (χ1n) is 6.01. The lowest BCUT2D eigenvalue weighted by molar-refractivity contribution is -0.671. The normalized spacial score (nSPS) is 14.5. The third-order valence-electron chi connectivity index (χ3n) is 2.18. The molecule has 1 aromatic heterocycles. The summed E-state index contributed by atoms with van der Waals surface area (Å²) in [7, 11) is -11.4. The van der Waals surface area contributed by atoms with Crippen molar-refractivity contribution in [3.8, 4) is 0 Å². The van der Waals surface area contributed by atoms with Crippen LogP contribution in [0, 0.1) is 0 Å². The zero-order chi connectivity index (χ0) is 21.0. The summed E-state index contributed by atoms with van der Waals surface area (Å²) in [4.78, 5) is 0.509. The Balaban J connectivity index is 0.000000502. The lowest BCUT2D eigenvalue weighted by Gasteiger charge is -2.22. The quantitative estimate of drug-likeness (QED) is 0.313. The largest absolute Gasteiger partial charge is 0.480 e. The highest BCUT2D eigenvalue weighted by Gasteiger charge is 2.46. The second-order valence-corrected chi connectivity index (χ2v) is 9.81. The monoisotopic (exact) mass is 561 g/mol. The van der Waals surface area contributed by atoms with Crippen molar-refractivity contribution in [2.45, 2.75) is 22.4 Å². The molecule has 0 fully saturated rings. The van der Waals surface area contributed by atoms with Crippen molar-refractivity contribution in [2.24, 2.45) is 7.05 Å². The molecule has 0 bridgehead atoms. The van der Waals surface area contributed by atoms with Gasteiger partial charge in [-0.3, -0.25) is 0 Å². The van der Waals surface area contributed by atoms with Crippen LogP contribution in [0.25, 0.3) is 4.13 Å². The van der Waals surface area contributed by atoms with Gasteiger partial charge in [-0.15, -0.1) is 0 Å². The van der Waals surface area contributed by atoms with E-state index in [4.69, 9.17) is 0 Å². The summed E-state index contributed by atoms with van der Waals surface area (Å²) in [5.41, 5.74) is -12.4. The highest BCUT2D eigenvalue weighted by molar-refractivity contribution is 9.12. The van der Waals surface area contributed by atoms with Gasteiger partial charge in [-0.05, 0) is 0 Å². The summed E-state index contributed by atoms with van der Waals surface area (Å²) in [5, 5.41) is 0.981. The van der Waals surface area contributed by atoms with Crippen LogP contribution in [0.3, 0.4) is 0 Å². The molecule has 0 aliphatic heterocycles. The maximum Gasteiger partial charge on any atom is 0.480 e. The number of aromatic nitrogens is 2. The molecule has 1 unspecified atom stereocenters. The number of hydrogen-bond donors (Lipinski definition) is 0. The first-order valence-corrected chi connectivity index (χ1v) is 10.9. The molecule has 0 amide bonds. The van der Waals surface area contributed by atoms with Crippen LogP contribution in [-0.2, 0) is 33.6 Å². The number of aryl methyl sites for hydroxylation is 1. The van der Waals surface area contributed by atoms with Crippen LogP contribution in [0.1, 0.15) is 0 Å². The lowest BCUT2D eigenvalue weighted by Crippen LogP contribution is -2.30. The summed E-state index contributed by atoms with van der Waals surface area (Å²) < 4.78 is 113. The second kappa shape index (κ2) is 9.20. The Morgan fingerprint density at radius 3 is 1.77 bits per heavy atom. The highest BCUT2D eigenvalue weighted by Crippen LogP contribution is 2.36. The molecular weight excluding hydrogens is 552 g/mol. The van der Waals surface area contributed by atoms with Gasteiger partial charge in [0.15, 0.2) is 20.0 Å². The SMILES string of the molecule is C[n+]1ccn(CC(Br)CBr)c1.O=S(=O)([N-]S(=O)(=O)C(F)(F)F)C(F)(F)F. The van der Waals surface area contributed by atoms with Crippen molar-refractivity contribution in [2.75, 3.05) is 5.33 Å². The molecular formula is C9H11Br2F6N3O4S2. The van der Waals surface area contributed by atoms with Crippen molar-refractivity contribution in [1.82, 2.24) is 4.57 Å². The fraction of sp³-hybridized carbons (Fsp3) is 0.667. The van der Waals surface area contributed by atoms with Crippen LogP contribution in [0.5, 0.6) is 0 Å². The maximum absolute atomic E-state index is 11.4. The average molecular weight is 563 g/mol. The molecule has 0 aliphatic rings. The van der Waals surface area contributed by atoms with Gasteiger partial charge in [0, 0.05) is 5.33 Å². The number of nitrogens with zero attached hydrogens (tertiary/aromatic N) is 3. The van der Waals surface area contributed by atoms with Crippen LogP contribution in [0.4, 0.5) is 26.3 Å². The number of hydrogen-bond acceptors (Lipinski definition) is 4. The standard InChI is InChI=1S/C7H11Br2N2.C2F6NO4S2/c1-10-2-3-11(6-10)5-7(9)4-8;3-1(4,5)14(10,11)9-15(12,13)2(6,7)8/h2-3,6-7H,4-5H2,1H3;/q+1;-1. The van der Waals surface area contributed by atoms with Gasteiger partial charge in [-0.2, -0.15) is 26.3 Å². The Morgan fingerprint density at radius 2 is 1.50 bits per heavy atom. The van der Waals surface area contributed by atoms with Gasteiger partial charge in [0.25, 0.3) is 0 Å². The van der Waals surface area contributed by atoms with Crippen molar-refractivity contribution in [3.05, 3.63) is 22.8 Å². The molecule has 0 spiro atoms. The predicted molar refractivity (Wildman–Crippen MR) is 85.4 cm³/mol. The van der Waals surface area contributed by atoms with E-state index in [-0.39, 0.29) is 0 Å². The van der Waals surface area contributed by atoms with E-state index < -0.39 is 31.1 Å². The van der Waals surface area contributed by atoms with E-state index in [1.807, 2.05) is 17.8 Å². The second-order valence-electron chi connectivity index (χ2n) is 4.44. The van der Waals surface area contributed by atoms with Gasteiger partial charge in [-0.1, -0.05) is 31.9 Å². The van der Waals surface area contributed by atoms with Gasteiger partial charge in [0.05, 0.1) is 11.9 Å². The summed E-state index contributed by atoms with van der Waals surface area (Å²) in [5.74, 6) is 0. The van der Waals surface area contributed by atoms with Gasteiger partial charge < -0.3 is 4.13 Å². The Morgan fingerprint density at radius 1 is 1.08 bits per heavy atom. The molecule has 26 heavy (non-hydrogen) atoms. The van der Waals surface area contributed by atoms with E-state index in [1.54, 1.807) is 0 Å². The number of imidazole rings is 1.